The van der Waals surface area contributed by atoms with Crippen LogP contribution >= 0.6 is 0 Å². The predicted molar refractivity (Wildman–Crippen MR) is 57.4 cm³/mol. The number of oxazole rings is 1. The summed E-state index contributed by atoms with van der Waals surface area (Å²) in [6, 6.07) is 5.98. The molecule has 0 radical (unpaired) electrons. The number of nitrogens with zero attached hydrogens (tertiary/aromatic N) is 2. The van der Waals surface area contributed by atoms with Gasteiger partial charge in [-0.1, -0.05) is 6.07 Å². The van der Waals surface area contributed by atoms with E-state index >= 15 is 0 Å². The predicted octanol–water partition coefficient (Wildman–Crippen LogP) is 1.25. The zero-order valence-electron chi connectivity index (χ0n) is 8.68. The molecule has 0 spiro atoms. The fraction of sp³-hybridized carbons (Fsp3) is 0.364. The highest BCUT2D eigenvalue weighted by atomic mass is 16.3. The van der Waals surface area contributed by atoms with Crippen LogP contribution < -0.4 is 0 Å². The van der Waals surface area contributed by atoms with Crippen molar-refractivity contribution >= 4 is 11.1 Å². The van der Waals surface area contributed by atoms with Crippen LogP contribution in [0, 0.1) is 0 Å². The minimum absolute atomic E-state index is 0.0878. The minimum atomic E-state index is 0.0878. The molecule has 1 aromatic carbocycles. The van der Waals surface area contributed by atoms with Crippen molar-refractivity contribution < 1.29 is 9.52 Å². The van der Waals surface area contributed by atoms with Gasteiger partial charge >= 0.3 is 0 Å². The van der Waals surface area contributed by atoms with E-state index in [0.29, 0.717) is 0 Å². The Hall–Kier alpha value is -1.39. The number of rotatable bonds is 4. The lowest BCUT2D eigenvalue weighted by Crippen LogP contribution is -2.21. The largest absolute Gasteiger partial charge is 0.443 e. The maximum absolute atomic E-state index is 8.85. The van der Waals surface area contributed by atoms with Crippen molar-refractivity contribution in [3.63, 3.8) is 0 Å². The Morgan fingerprint density at radius 1 is 1.47 bits per heavy atom. The van der Waals surface area contributed by atoms with E-state index in [1.165, 1.54) is 12.0 Å². The van der Waals surface area contributed by atoms with Gasteiger partial charge in [-0.25, -0.2) is 4.98 Å². The van der Waals surface area contributed by atoms with E-state index in [-0.39, 0.29) is 6.73 Å². The number of aliphatic hydroxyl groups excluding tert-OH is 1. The second kappa shape index (κ2) is 4.42. The van der Waals surface area contributed by atoms with Gasteiger partial charge in [0.05, 0.1) is 6.73 Å². The maximum atomic E-state index is 8.85. The van der Waals surface area contributed by atoms with Crippen LogP contribution in [0.4, 0.5) is 0 Å². The van der Waals surface area contributed by atoms with Crippen molar-refractivity contribution in [2.24, 2.45) is 0 Å². The van der Waals surface area contributed by atoms with Crippen LogP contribution in [0.5, 0.6) is 0 Å². The first kappa shape index (κ1) is 10.1. The second-order valence-electron chi connectivity index (χ2n) is 3.63. The number of benzene rings is 1. The standard InChI is InChI=1S/C11H14N2O2/c1-13(8-14)5-4-9-2-3-10-11(6-9)15-7-12-10/h2-3,6-7,14H,4-5,8H2,1H3. The zero-order valence-corrected chi connectivity index (χ0v) is 8.68. The van der Waals surface area contributed by atoms with Gasteiger partial charge in [0.2, 0.25) is 0 Å². The Kier molecular flexibility index (Phi) is 2.99. The van der Waals surface area contributed by atoms with Gasteiger partial charge in [0, 0.05) is 6.54 Å². The molecule has 0 unspecified atom stereocenters. The summed E-state index contributed by atoms with van der Waals surface area (Å²) in [7, 11) is 1.88. The fourth-order valence-electron chi connectivity index (χ4n) is 1.45. The minimum Gasteiger partial charge on any atom is -0.443 e. The average Bonchev–Trinajstić information content (AvgIpc) is 2.72. The maximum Gasteiger partial charge on any atom is 0.181 e. The SMILES string of the molecule is CN(CO)CCc1ccc2ncoc2c1. The normalized spacial score (nSPS) is 11.4. The molecular weight excluding hydrogens is 192 g/mol. The second-order valence-corrected chi connectivity index (χ2v) is 3.63. The molecule has 2 aromatic rings. The molecule has 0 atom stereocenters. The number of aliphatic hydroxyl groups is 1. The van der Waals surface area contributed by atoms with Crippen LogP contribution in [0.15, 0.2) is 29.0 Å². The number of hydrogen-bond donors (Lipinski definition) is 1. The van der Waals surface area contributed by atoms with E-state index < -0.39 is 0 Å². The lowest BCUT2D eigenvalue weighted by Gasteiger charge is -2.12. The lowest BCUT2D eigenvalue weighted by atomic mass is 10.1. The van der Waals surface area contributed by atoms with Gasteiger partial charge in [-0.2, -0.15) is 0 Å². The van der Waals surface area contributed by atoms with Crippen molar-refractivity contribution in [3.05, 3.63) is 30.2 Å². The van der Waals surface area contributed by atoms with Gasteiger partial charge in [-0.15, -0.1) is 0 Å². The molecule has 0 bridgehead atoms. The third-order valence-electron chi connectivity index (χ3n) is 2.42. The highest BCUT2D eigenvalue weighted by Gasteiger charge is 2.01. The van der Waals surface area contributed by atoms with Gasteiger partial charge in [0.1, 0.15) is 5.52 Å². The number of fused-ring (bicyclic) bond motifs is 1. The van der Waals surface area contributed by atoms with Crippen LogP contribution in [-0.2, 0) is 6.42 Å². The first-order valence-corrected chi connectivity index (χ1v) is 4.91. The van der Waals surface area contributed by atoms with Crippen molar-refractivity contribution in [2.45, 2.75) is 6.42 Å². The summed E-state index contributed by atoms with van der Waals surface area (Å²) in [6.45, 7) is 0.917. The smallest absolute Gasteiger partial charge is 0.181 e. The summed E-state index contributed by atoms with van der Waals surface area (Å²) >= 11 is 0. The van der Waals surface area contributed by atoms with E-state index in [4.69, 9.17) is 9.52 Å². The van der Waals surface area contributed by atoms with E-state index in [9.17, 15) is 0 Å². The number of hydrogen-bond acceptors (Lipinski definition) is 4. The lowest BCUT2D eigenvalue weighted by molar-refractivity contribution is 0.134. The van der Waals surface area contributed by atoms with E-state index in [1.807, 2.05) is 30.1 Å². The van der Waals surface area contributed by atoms with E-state index in [2.05, 4.69) is 4.98 Å². The van der Waals surface area contributed by atoms with Gasteiger partial charge in [0.25, 0.3) is 0 Å². The van der Waals surface area contributed by atoms with Gasteiger partial charge < -0.3 is 9.52 Å². The molecule has 0 aliphatic heterocycles. The topological polar surface area (TPSA) is 49.5 Å². The zero-order chi connectivity index (χ0) is 10.7. The molecule has 80 valence electrons. The van der Waals surface area contributed by atoms with Crippen LogP contribution in [0.2, 0.25) is 0 Å². The summed E-state index contributed by atoms with van der Waals surface area (Å²) < 4.78 is 5.22. The molecule has 2 rings (SSSR count). The van der Waals surface area contributed by atoms with Gasteiger partial charge in [0.15, 0.2) is 12.0 Å². The van der Waals surface area contributed by atoms with E-state index in [0.717, 1.165) is 24.1 Å². The molecule has 1 aromatic heterocycles. The Morgan fingerprint density at radius 3 is 3.13 bits per heavy atom. The summed E-state index contributed by atoms with van der Waals surface area (Å²) in [5.41, 5.74) is 2.90. The quantitative estimate of drug-likeness (QED) is 0.765. The van der Waals surface area contributed by atoms with Crippen molar-refractivity contribution in [1.29, 1.82) is 0 Å². The summed E-state index contributed by atoms with van der Waals surface area (Å²) in [5, 5.41) is 8.85. The summed E-state index contributed by atoms with van der Waals surface area (Å²) in [4.78, 5) is 5.91. The van der Waals surface area contributed by atoms with Crippen LogP contribution in [0.25, 0.3) is 11.1 Å². The Balaban J connectivity index is 2.08. The van der Waals surface area contributed by atoms with Gasteiger partial charge in [-0.05, 0) is 31.2 Å². The average molecular weight is 206 g/mol. The first-order valence-electron chi connectivity index (χ1n) is 4.91. The van der Waals surface area contributed by atoms with Gasteiger partial charge in [-0.3, -0.25) is 4.90 Å². The molecule has 1 heterocycles. The molecule has 4 nitrogen and oxygen atoms in total. The Bertz CT molecular complexity index is 439. The fourth-order valence-corrected chi connectivity index (χ4v) is 1.45. The van der Waals surface area contributed by atoms with Crippen molar-refractivity contribution in [1.82, 2.24) is 9.88 Å². The van der Waals surface area contributed by atoms with Crippen molar-refractivity contribution in [3.8, 4) is 0 Å². The number of likely N-dealkylation sites (N-methyl/N-ethyl adjacent to an activating group) is 1. The molecule has 0 saturated heterocycles. The molecule has 0 amide bonds. The molecule has 4 heteroatoms. The number of aromatic nitrogens is 1. The molecule has 0 fully saturated rings. The summed E-state index contributed by atoms with van der Waals surface area (Å²) in [6.07, 6.45) is 2.35. The van der Waals surface area contributed by atoms with Crippen LogP contribution in [-0.4, -0.2) is 35.3 Å². The molecule has 15 heavy (non-hydrogen) atoms. The summed E-state index contributed by atoms with van der Waals surface area (Å²) in [5.74, 6) is 0. The van der Waals surface area contributed by atoms with E-state index in [1.54, 1.807) is 0 Å². The third kappa shape index (κ3) is 2.34. The molecule has 0 saturated carbocycles. The Labute approximate surface area is 88.1 Å². The monoisotopic (exact) mass is 206 g/mol. The molecule has 1 N–H and O–H groups in total. The highest BCUT2D eigenvalue weighted by Crippen LogP contribution is 2.14. The third-order valence-corrected chi connectivity index (χ3v) is 2.42. The molecule has 0 aliphatic carbocycles. The van der Waals surface area contributed by atoms with Crippen molar-refractivity contribution in [2.75, 3.05) is 20.3 Å². The van der Waals surface area contributed by atoms with Crippen LogP contribution in [0.1, 0.15) is 5.56 Å². The Morgan fingerprint density at radius 2 is 2.33 bits per heavy atom. The first-order chi connectivity index (χ1) is 7.29. The molecule has 0 aliphatic rings. The molecular formula is C11H14N2O2. The van der Waals surface area contributed by atoms with Crippen LogP contribution in [0.3, 0.4) is 0 Å². The highest BCUT2D eigenvalue weighted by molar-refractivity contribution is 5.72.